The van der Waals surface area contributed by atoms with Crippen LogP contribution >= 0.6 is 0 Å². The van der Waals surface area contributed by atoms with Crippen molar-refractivity contribution in [2.24, 2.45) is 0 Å². The summed E-state index contributed by atoms with van der Waals surface area (Å²) >= 11 is 0. The summed E-state index contributed by atoms with van der Waals surface area (Å²) in [6, 6.07) is 18.9. The van der Waals surface area contributed by atoms with Crippen LogP contribution in [0.1, 0.15) is 18.7 Å². The summed E-state index contributed by atoms with van der Waals surface area (Å²) in [5.74, 6) is 0.770. The van der Waals surface area contributed by atoms with E-state index in [1.54, 1.807) is 11.9 Å². The molecule has 0 fully saturated rings. The molecular weight excluding hydrogens is 276 g/mol. The number of nitrogens with zero attached hydrogens (tertiary/aromatic N) is 1. The molecule has 1 atom stereocenters. The fourth-order valence-electron chi connectivity index (χ4n) is 2.31. The van der Waals surface area contributed by atoms with Crippen molar-refractivity contribution >= 4 is 22.7 Å². The molecule has 1 unspecified atom stereocenters. The summed E-state index contributed by atoms with van der Waals surface area (Å²) in [6.07, 6.45) is 0. The molecule has 1 aromatic heterocycles. The molecule has 1 N–H and O–H groups in total. The molecule has 3 rings (SSSR count). The Kier molecular flexibility index (Phi) is 3.83. The average Bonchev–Trinajstić information content (AvgIpc) is 2.98. The maximum atomic E-state index is 12.3. The molecule has 112 valence electrons. The highest BCUT2D eigenvalue weighted by Crippen LogP contribution is 2.27. The number of urea groups is 1. The fraction of sp³-hybridized carbons (Fsp3) is 0.167. The van der Waals surface area contributed by atoms with E-state index in [1.807, 2.05) is 67.6 Å². The number of carbonyl (C=O) groups excluding carboxylic acids is 1. The largest absolute Gasteiger partial charge is 0.459 e. The van der Waals surface area contributed by atoms with Gasteiger partial charge in [0.15, 0.2) is 0 Å². The first-order valence-electron chi connectivity index (χ1n) is 7.22. The highest BCUT2D eigenvalue weighted by atomic mass is 16.3. The topological polar surface area (TPSA) is 45.5 Å². The molecule has 2 aromatic carbocycles. The Balaban J connectivity index is 1.75. The van der Waals surface area contributed by atoms with Crippen LogP contribution in [0.2, 0.25) is 0 Å². The molecule has 4 heteroatoms. The molecule has 22 heavy (non-hydrogen) atoms. The van der Waals surface area contributed by atoms with Gasteiger partial charge in [-0.3, -0.25) is 0 Å². The standard InChI is InChI=1S/C18H18N2O2/c1-13(17-12-14-8-6-7-11-16(14)22-17)20(2)18(21)19-15-9-4-3-5-10-15/h3-13H,1-2H3,(H,19,21). The summed E-state index contributed by atoms with van der Waals surface area (Å²) < 4.78 is 5.83. The lowest BCUT2D eigenvalue weighted by Crippen LogP contribution is -2.33. The maximum absolute atomic E-state index is 12.3. The number of fused-ring (bicyclic) bond motifs is 1. The molecule has 0 radical (unpaired) electrons. The van der Waals surface area contributed by atoms with E-state index in [0.29, 0.717) is 0 Å². The van der Waals surface area contributed by atoms with Crippen LogP contribution in [0.25, 0.3) is 11.0 Å². The summed E-state index contributed by atoms with van der Waals surface area (Å²) in [5.41, 5.74) is 1.61. The van der Waals surface area contributed by atoms with Crippen molar-refractivity contribution in [3.05, 3.63) is 66.4 Å². The first kappa shape index (κ1) is 14.2. The highest BCUT2D eigenvalue weighted by molar-refractivity contribution is 5.89. The number of benzene rings is 2. The van der Waals surface area contributed by atoms with Crippen LogP contribution in [0.15, 0.2) is 65.1 Å². The van der Waals surface area contributed by atoms with E-state index in [0.717, 1.165) is 22.4 Å². The van der Waals surface area contributed by atoms with Crippen molar-refractivity contribution in [2.45, 2.75) is 13.0 Å². The predicted octanol–water partition coefficient (Wildman–Crippen LogP) is 4.66. The molecule has 0 saturated heterocycles. The van der Waals surface area contributed by atoms with Crippen LogP contribution in [0, 0.1) is 0 Å². The van der Waals surface area contributed by atoms with Gasteiger partial charge in [-0.1, -0.05) is 36.4 Å². The van der Waals surface area contributed by atoms with E-state index in [9.17, 15) is 4.79 Å². The first-order chi connectivity index (χ1) is 10.6. The molecule has 4 nitrogen and oxygen atoms in total. The smallest absolute Gasteiger partial charge is 0.322 e. The number of para-hydroxylation sites is 2. The van der Waals surface area contributed by atoms with Gasteiger partial charge in [0, 0.05) is 18.1 Å². The van der Waals surface area contributed by atoms with Gasteiger partial charge < -0.3 is 14.6 Å². The van der Waals surface area contributed by atoms with E-state index in [1.165, 1.54) is 0 Å². The molecule has 1 heterocycles. The summed E-state index contributed by atoms with van der Waals surface area (Å²) in [5, 5.41) is 3.91. The van der Waals surface area contributed by atoms with Crippen LogP contribution in [0.4, 0.5) is 10.5 Å². The van der Waals surface area contributed by atoms with Crippen LogP contribution in [0.3, 0.4) is 0 Å². The van der Waals surface area contributed by atoms with Crippen molar-refractivity contribution in [3.63, 3.8) is 0 Å². The van der Waals surface area contributed by atoms with Gasteiger partial charge in [0.2, 0.25) is 0 Å². The summed E-state index contributed by atoms with van der Waals surface area (Å²) in [4.78, 5) is 13.9. The Hall–Kier alpha value is -2.75. The molecule has 0 bridgehead atoms. The second-order valence-corrected chi connectivity index (χ2v) is 5.27. The van der Waals surface area contributed by atoms with E-state index in [2.05, 4.69) is 5.32 Å². The van der Waals surface area contributed by atoms with Crippen molar-refractivity contribution in [2.75, 3.05) is 12.4 Å². The zero-order valence-corrected chi connectivity index (χ0v) is 12.6. The van der Waals surface area contributed by atoms with Crippen LogP contribution in [-0.4, -0.2) is 18.0 Å². The highest BCUT2D eigenvalue weighted by Gasteiger charge is 2.20. The second kappa shape index (κ2) is 5.93. The Morgan fingerprint density at radius 3 is 2.50 bits per heavy atom. The zero-order chi connectivity index (χ0) is 15.5. The van der Waals surface area contributed by atoms with Gasteiger partial charge >= 0.3 is 6.03 Å². The summed E-state index contributed by atoms with van der Waals surface area (Å²) in [6.45, 7) is 1.95. The molecule has 0 aliphatic rings. The van der Waals surface area contributed by atoms with Gasteiger partial charge in [0.1, 0.15) is 11.3 Å². The Bertz CT molecular complexity index is 747. The maximum Gasteiger partial charge on any atom is 0.322 e. The minimum absolute atomic E-state index is 0.156. The monoisotopic (exact) mass is 294 g/mol. The van der Waals surface area contributed by atoms with Crippen LogP contribution < -0.4 is 5.32 Å². The Morgan fingerprint density at radius 1 is 1.09 bits per heavy atom. The van der Waals surface area contributed by atoms with E-state index >= 15 is 0 Å². The molecule has 0 aliphatic heterocycles. The quantitative estimate of drug-likeness (QED) is 0.763. The molecular formula is C18H18N2O2. The second-order valence-electron chi connectivity index (χ2n) is 5.27. The van der Waals surface area contributed by atoms with Gasteiger partial charge in [-0.15, -0.1) is 0 Å². The number of nitrogens with one attached hydrogen (secondary N) is 1. The lowest BCUT2D eigenvalue weighted by Gasteiger charge is -2.23. The van der Waals surface area contributed by atoms with E-state index in [-0.39, 0.29) is 12.1 Å². The number of amides is 2. The van der Waals surface area contributed by atoms with Gasteiger partial charge in [0.05, 0.1) is 6.04 Å². The average molecular weight is 294 g/mol. The van der Waals surface area contributed by atoms with Crippen LogP contribution in [0.5, 0.6) is 0 Å². The van der Waals surface area contributed by atoms with Crippen molar-refractivity contribution in [1.29, 1.82) is 0 Å². The third kappa shape index (κ3) is 2.81. The fourth-order valence-corrected chi connectivity index (χ4v) is 2.31. The molecule has 3 aromatic rings. The van der Waals surface area contributed by atoms with Gasteiger partial charge in [-0.25, -0.2) is 4.79 Å². The number of carbonyl (C=O) groups is 1. The van der Waals surface area contributed by atoms with Crippen molar-refractivity contribution in [1.82, 2.24) is 4.90 Å². The van der Waals surface area contributed by atoms with Crippen LogP contribution in [-0.2, 0) is 0 Å². The number of furan rings is 1. The normalized spacial score (nSPS) is 12.1. The van der Waals surface area contributed by atoms with Crippen molar-refractivity contribution in [3.8, 4) is 0 Å². The number of anilines is 1. The zero-order valence-electron chi connectivity index (χ0n) is 12.6. The van der Waals surface area contributed by atoms with E-state index in [4.69, 9.17) is 4.42 Å². The minimum atomic E-state index is -0.167. The molecule has 0 aliphatic carbocycles. The lowest BCUT2D eigenvalue weighted by atomic mass is 10.2. The van der Waals surface area contributed by atoms with Crippen molar-refractivity contribution < 1.29 is 9.21 Å². The Labute approximate surface area is 129 Å². The minimum Gasteiger partial charge on any atom is -0.459 e. The molecule has 0 spiro atoms. The van der Waals surface area contributed by atoms with E-state index < -0.39 is 0 Å². The number of hydrogen-bond acceptors (Lipinski definition) is 2. The third-order valence-electron chi connectivity index (χ3n) is 3.78. The SMILES string of the molecule is CC(c1cc2ccccc2o1)N(C)C(=O)Nc1ccccc1. The molecule has 0 saturated carbocycles. The predicted molar refractivity (Wildman–Crippen MR) is 87.9 cm³/mol. The van der Waals surface area contributed by atoms with Gasteiger partial charge in [-0.2, -0.15) is 0 Å². The first-order valence-corrected chi connectivity index (χ1v) is 7.22. The molecule has 2 amide bonds. The third-order valence-corrected chi connectivity index (χ3v) is 3.78. The van der Waals surface area contributed by atoms with Gasteiger partial charge in [0.25, 0.3) is 0 Å². The number of hydrogen-bond donors (Lipinski definition) is 1. The lowest BCUT2D eigenvalue weighted by molar-refractivity contribution is 0.201. The summed E-state index contributed by atoms with van der Waals surface area (Å²) in [7, 11) is 1.76. The number of rotatable bonds is 3. The Morgan fingerprint density at radius 2 is 1.77 bits per heavy atom. The van der Waals surface area contributed by atoms with Gasteiger partial charge in [-0.05, 0) is 31.2 Å².